The first kappa shape index (κ1) is 14.4. The topological polar surface area (TPSA) is 56.5 Å². The highest BCUT2D eigenvalue weighted by Crippen LogP contribution is 2.31. The lowest BCUT2D eigenvalue weighted by Crippen LogP contribution is -2.05. The molecule has 20 heavy (non-hydrogen) atoms. The van der Waals surface area contributed by atoms with E-state index in [0.29, 0.717) is 24.3 Å². The van der Waals surface area contributed by atoms with Gasteiger partial charge in [0.05, 0.1) is 20.3 Å². The van der Waals surface area contributed by atoms with Crippen LogP contribution in [0.25, 0.3) is 0 Å². The van der Waals surface area contributed by atoms with Gasteiger partial charge in [-0.05, 0) is 24.6 Å². The van der Waals surface area contributed by atoms with Crippen LogP contribution in [0.2, 0.25) is 0 Å². The van der Waals surface area contributed by atoms with Crippen molar-refractivity contribution >= 4 is 0 Å². The molecule has 5 heteroatoms. The Balaban J connectivity index is 2.11. The van der Waals surface area contributed by atoms with Gasteiger partial charge >= 0.3 is 0 Å². The molecule has 1 heterocycles. The Kier molecular flexibility index (Phi) is 4.63. The van der Waals surface area contributed by atoms with Gasteiger partial charge in [-0.2, -0.15) is 0 Å². The van der Waals surface area contributed by atoms with E-state index in [2.05, 4.69) is 4.98 Å². The minimum Gasteiger partial charge on any atom is -0.497 e. The zero-order chi connectivity index (χ0) is 14.5. The average Bonchev–Trinajstić information content (AvgIpc) is 2.89. The zero-order valence-electron chi connectivity index (χ0n) is 12.0. The Morgan fingerprint density at radius 2 is 2.10 bits per heavy atom. The molecular weight excluding hydrogens is 256 g/mol. The summed E-state index contributed by atoms with van der Waals surface area (Å²) >= 11 is 0. The third-order valence-corrected chi connectivity index (χ3v) is 3.36. The number of benzene rings is 1. The number of hydrogen-bond acceptors (Lipinski definition) is 4. The van der Waals surface area contributed by atoms with Gasteiger partial charge in [-0.15, -0.1) is 0 Å². The van der Waals surface area contributed by atoms with Crippen LogP contribution in [0.5, 0.6) is 11.5 Å². The zero-order valence-corrected chi connectivity index (χ0v) is 12.0. The maximum Gasteiger partial charge on any atom is 0.124 e. The highest BCUT2D eigenvalue weighted by Gasteiger charge is 2.15. The molecule has 1 N–H and O–H groups in total. The number of nitrogens with zero attached hydrogens (tertiary/aromatic N) is 2. The molecule has 0 aliphatic carbocycles. The van der Waals surface area contributed by atoms with Crippen molar-refractivity contribution in [3.05, 3.63) is 42.0 Å². The van der Waals surface area contributed by atoms with Crippen molar-refractivity contribution in [1.82, 2.24) is 9.55 Å². The second kappa shape index (κ2) is 6.43. The fraction of sp³-hybridized carbons (Fsp3) is 0.400. The monoisotopic (exact) mass is 276 g/mol. The summed E-state index contributed by atoms with van der Waals surface area (Å²) in [6.07, 6.45) is 4.32. The summed E-state index contributed by atoms with van der Waals surface area (Å²) in [4.78, 5) is 4.25. The number of aliphatic hydroxyl groups excluding tert-OH is 1. The van der Waals surface area contributed by atoms with E-state index in [1.54, 1.807) is 26.5 Å². The van der Waals surface area contributed by atoms with Crippen molar-refractivity contribution in [2.24, 2.45) is 7.05 Å². The summed E-state index contributed by atoms with van der Waals surface area (Å²) in [7, 11) is 5.14. The van der Waals surface area contributed by atoms with Crippen LogP contribution < -0.4 is 9.47 Å². The van der Waals surface area contributed by atoms with Crippen LogP contribution in [-0.4, -0.2) is 28.9 Å². The summed E-state index contributed by atoms with van der Waals surface area (Å²) in [5, 5.41) is 10.4. The molecule has 0 spiro atoms. The van der Waals surface area contributed by atoms with Crippen LogP contribution in [0.1, 0.15) is 23.9 Å². The fourth-order valence-electron chi connectivity index (χ4n) is 2.16. The van der Waals surface area contributed by atoms with Crippen molar-refractivity contribution in [1.29, 1.82) is 0 Å². The normalized spacial score (nSPS) is 12.2. The van der Waals surface area contributed by atoms with Crippen molar-refractivity contribution in [2.45, 2.75) is 18.9 Å². The van der Waals surface area contributed by atoms with E-state index < -0.39 is 6.10 Å². The quantitative estimate of drug-likeness (QED) is 0.878. The van der Waals surface area contributed by atoms with E-state index in [1.807, 2.05) is 29.9 Å². The number of hydrogen-bond donors (Lipinski definition) is 1. The van der Waals surface area contributed by atoms with Crippen molar-refractivity contribution in [3.63, 3.8) is 0 Å². The van der Waals surface area contributed by atoms with Gasteiger partial charge in [0.25, 0.3) is 0 Å². The summed E-state index contributed by atoms with van der Waals surface area (Å²) < 4.78 is 12.4. The van der Waals surface area contributed by atoms with Crippen LogP contribution in [0.3, 0.4) is 0 Å². The van der Waals surface area contributed by atoms with Crippen molar-refractivity contribution in [2.75, 3.05) is 14.2 Å². The van der Waals surface area contributed by atoms with Crippen LogP contribution in [-0.2, 0) is 13.5 Å². The van der Waals surface area contributed by atoms with Gasteiger partial charge in [0.2, 0.25) is 0 Å². The van der Waals surface area contributed by atoms with E-state index in [-0.39, 0.29) is 0 Å². The van der Waals surface area contributed by atoms with Gasteiger partial charge in [-0.3, -0.25) is 0 Å². The second-order valence-corrected chi connectivity index (χ2v) is 4.62. The minimum atomic E-state index is -0.614. The molecule has 0 amide bonds. The molecule has 0 fully saturated rings. The maximum atomic E-state index is 10.4. The predicted octanol–water partition coefficient (Wildman–Crippen LogP) is 2.10. The molecule has 0 radical (unpaired) electrons. The number of imidazole rings is 1. The molecule has 1 aromatic carbocycles. The highest BCUT2D eigenvalue weighted by atomic mass is 16.5. The Hall–Kier alpha value is -2.01. The molecule has 2 rings (SSSR count). The summed E-state index contributed by atoms with van der Waals surface area (Å²) in [6, 6.07) is 5.42. The van der Waals surface area contributed by atoms with E-state index in [9.17, 15) is 5.11 Å². The molecule has 1 aromatic heterocycles. The van der Waals surface area contributed by atoms with Crippen LogP contribution in [0, 0.1) is 0 Å². The standard InChI is InChI=1S/C15H20N2O3/c1-17-9-8-16-15(17)7-5-13(18)12-10-11(19-2)4-6-14(12)20-3/h4,6,8-10,13,18H,5,7H2,1-3H3. The lowest BCUT2D eigenvalue weighted by Gasteiger charge is -2.15. The summed E-state index contributed by atoms with van der Waals surface area (Å²) in [5.41, 5.74) is 0.737. The number of aliphatic hydroxyl groups is 1. The molecule has 5 nitrogen and oxygen atoms in total. The number of ether oxygens (including phenoxy) is 2. The highest BCUT2D eigenvalue weighted by molar-refractivity contribution is 5.41. The third kappa shape index (κ3) is 3.11. The Morgan fingerprint density at radius 1 is 1.30 bits per heavy atom. The van der Waals surface area contributed by atoms with E-state index in [1.165, 1.54) is 0 Å². The first-order valence-electron chi connectivity index (χ1n) is 6.52. The van der Waals surface area contributed by atoms with Gasteiger partial charge in [0.15, 0.2) is 0 Å². The van der Waals surface area contributed by atoms with Gasteiger partial charge in [0.1, 0.15) is 17.3 Å². The van der Waals surface area contributed by atoms with Gasteiger partial charge < -0.3 is 19.1 Å². The minimum absolute atomic E-state index is 0.578. The first-order chi connectivity index (χ1) is 9.65. The second-order valence-electron chi connectivity index (χ2n) is 4.62. The Labute approximate surface area is 118 Å². The van der Waals surface area contributed by atoms with Gasteiger partial charge in [-0.25, -0.2) is 4.98 Å². The Bertz CT molecular complexity index is 566. The maximum absolute atomic E-state index is 10.4. The first-order valence-corrected chi connectivity index (χ1v) is 6.52. The van der Waals surface area contributed by atoms with E-state index in [4.69, 9.17) is 9.47 Å². The third-order valence-electron chi connectivity index (χ3n) is 3.36. The fourth-order valence-corrected chi connectivity index (χ4v) is 2.16. The molecule has 0 saturated heterocycles. The summed E-state index contributed by atoms with van der Waals surface area (Å²) in [5.74, 6) is 2.32. The smallest absolute Gasteiger partial charge is 0.124 e. The summed E-state index contributed by atoms with van der Waals surface area (Å²) in [6.45, 7) is 0. The molecular formula is C15H20N2O3. The lowest BCUT2D eigenvalue weighted by atomic mass is 10.0. The van der Waals surface area contributed by atoms with E-state index >= 15 is 0 Å². The molecule has 0 aliphatic heterocycles. The largest absolute Gasteiger partial charge is 0.497 e. The molecule has 2 aromatic rings. The molecule has 1 atom stereocenters. The molecule has 0 aliphatic rings. The lowest BCUT2D eigenvalue weighted by molar-refractivity contribution is 0.162. The number of aryl methyl sites for hydroxylation is 2. The average molecular weight is 276 g/mol. The van der Waals surface area contributed by atoms with Gasteiger partial charge in [0, 0.05) is 31.4 Å². The molecule has 0 bridgehead atoms. The molecule has 108 valence electrons. The van der Waals surface area contributed by atoms with Crippen LogP contribution >= 0.6 is 0 Å². The van der Waals surface area contributed by atoms with Gasteiger partial charge in [-0.1, -0.05) is 0 Å². The number of aromatic nitrogens is 2. The predicted molar refractivity (Wildman–Crippen MR) is 76.0 cm³/mol. The Morgan fingerprint density at radius 3 is 2.70 bits per heavy atom. The molecule has 1 unspecified atom stereocenters. The van der Waals surface area contributed by atoms with Crippen LogP contribution in [0.4, 0.5) is 0 Å². The van der Waals surface area contributed by atoms with Crippen molar-refractivity contribution < 1.29 is 14.6 Å². The van der Waals surface area contributed by atoms with Crippen molar-refractivity contribution in [3.8, 4) is 11.5 Å². The van der Waals surface area contributed by atoms with E-state index in [0.717, 1.165) is 11.4 Å². The molecule has 0 saturated carbocycles. The number of methoxy groups -OCH3 is 2. The SMILES string of the molecule is COc1ccc(OC)c(C(O)CCc2nccn2C)c1. The van der Waals surface area contributed by atoms with Crippen LogP contribution in [0.15, 0.2) is 30.6 Å². The number of rotatable bonds is 6.